The maximum atomic E-state index is 5.75. The lowest BCUT2D eigenvalue weighted by Crippen LogP contribution is -2.01. The highest BCUT2D eigenvalue weighted by Gasteiger charge is 2.06. The Morgan fingerprint density at radius 1 is 0.962 bits per heavy atom. The van der Waals surface area contributed by atoms with Gasteiger partial charge in [-0.15, -0.1) is 0 Å². The standard InChI is InChI=1S/C21H25N3O2/c1-15(2)11-12-25-19-7-3-16(4-8-19)21-13-18(23-24-21)14-26-20-9-5-17(22)6-10-20/h3-10,13,15H,11-12,14,22H2,1-2H3,(H,23,24). The van der Waals surface area contributed by atoms with E-state index < -0.39 is 0 Å². The second-order valence-corrected chi connectivity index (χ2v) is 6.69. The molecule has 0 aliphatic heterocycles. The minimum atomic E-state index is 0.424. The first-order valence-corrected chi connectivity index (χ1v) is 8.86. The molecule has 5 heteroatoms. The molecule has 26 heavy (non-hydrogen) atoms. The van der Waals surface area contributed by atoms with Crippen LogP contribution in [-0.4, -0.2) is 16.8 Å². The van der Waals surface area contributed by atoms with Gasteiger partial charge in [0.2, 0.25) is 0 Å². The minimum absolute atomic E-state index is 0.424. The van der Waals surface area contributed by atoms with E-state index in [-0.39, 0.29) is 0 Å². The first-order chi connectivity index (χ1) is 12.6. The average Bonchev–Trinajstić information content (AvgIpc) is 3.11. The van der Waals surface area contributed by atoms with Crippen molar-refractivity contribution in [1.29, 1.82) is 0 Å². The van der Waals surface area contributed by atoms with Gasteiger partial charge in [-0.2, -0.15) is 5.10 Å². The Morgan fingerprint density at radius 3 is 2.31 bits per heavy atom. The quantitative estimate of drug-likeness (QED) is 0.579. The van der Waals surface area contributed by atoms with Crippen molar-refractivity contribution in [2.24, 2.45) is 5.92 Å². The predicted molar refractivity (Wildman–Crippen MR) is 104 cm³/mol. The molecule has 0 fully saturated rings. The molecule has 3 aromatic rings. The van der Waals surface area contributed by atoms with Crippen LogP contribution in [0.4, 0.5) is 5.69 Å². The number of H-pyrrole nitrogens is 1. The fourth-order valence-corrected chi connectivity index (χ4v) is 2.44. The van der Waals surface area contributed by atoms with Crippen LogP contribution in [0.3, 0.4) is 0 Å². The lowest BCUT2D eigenvalue weighted by molar-refractivity contribution is 0.289. The highest BCUT2D eigenvalue weighted by Crippen LogP contribution is 2.22. The van der Waals surface area contributed by atoms with Crippen LogP contribution in [-0.2, 0) is 6.61 Å². The van der Waals surface area contributed by atoms with Gasteiger partial charge < -0.3 is 15.2 Å². The summed E-state index contributed by atoms with van der Waals surface area (Å²) in [5.74, 6) is 2.31. The van der Waals surface area contributed by atoms with Gasteiger partial charge in [0, 0.05) is 11.3 Å². The maximum Gasteiger partial charge on any atom is 0.130 e. The topological polar surface area (TPSA) is 73.2 Å². The molecule has 1 aromatic heterocycles. The lowest BCUT2D eigenvalue weighted by atomic mass is 10.1. The zero-order chi connectivity index (χ0) is 18.4. The van der Waals surface area contributed by atoms with Gasteiger partial charge in [-0.05, 0) is 66.9 Å². The zero-order valence-electron chi connectivity index (χ0n) is 15.2. The number of anilines is 1. The van der Waals surface area contributed by atoms with Crippen LogP contribution >= 0.6 is 0 Å². The average molecular weight is 351 g/mol. The molecule has 0 spiro atoms. The Bertz CT molecular complexity index is 808. The molecule has 0 bridgehead atoms. The van der Waals surface area contributed by atoms with Crippen molar-refractivity contribution >= 4 is 5.69 Å². The molecule has 0 unspecified atom stereocenters. The van der Waals surface area contributed by atoms with Crippen molar-refractivity contribution in [2.45, 2.75) is 26.9 Å². The number of ether oxygens (including phenoxy) is 2. The van der Waals surface area contributed by atoms with E-state index in [9.17, 15) is 0 Å². The fraction of sp³-hybridized carbons (Fsp3) is 0.286. The molecule has 5 nitrogen and oxygen atoms in total. The molecular weight excluding hydrogens is 326 g/mol. The smallest absolute Gasteiger partial charge is 0.130 e. The second-order valence-electron chi connectivity index (χ2n) is 6.69. The van der Waals surface area contributed by atoms with E-state index in [2.05, 4.69) is 24.0 Å². The van der Waals surface area contributed by atoms with Crippen LogP contribution in [0.15, 0.2) is 54.6 Å². The van der Waals surface area contributed by atoms with Gasteiger partial charge in [0.15, 0.2) is 0 Å². The number of aromatic amines is 1. The molecule has 2 aromatic carbocycles. The molecule has 136 valence electrons. The number of aromatic nitrogens is 2. The maximum absolute atomic E-state index is 5.75. The minimum Gasteiger partial charge on any atom is -0.494 e. The van der Waals surface area contributed by atoms with Gasteiger partial charge >= 0.3 is 0 Å². The molecule has 0 amide bonds. The number of rotatable bonds is 8. The number of benzene rings is 2. The van der Waals surface area contributed by atoms with Crippen molar-refractivity contribution < 1.29 is 9.47 Å². The number of nitrogens with one attached hydrogen (secondary N) is 1. The summed E-state index contributed by atoms with van der Waals surface area (Å²) < 4.78 is 11.5. The van der Waals surface area contributed by atoms with E-state index >= 15 is 0 Å². The Labute approximate surface area is 154 Å². The lowest BCUT2D eigenvalue weighted by Gasteiger charge is -2.08. The zero-order valence-corrected chi connectivity index (χ0v) is 15.2. The predicted octanol–water partition coefficient (Wildman–Crippen LogP) is 4.66. The number of hydrogen-bond acceptors (Lipinski definition) is 4. The van der Waals surface area contributed by atoms with E-state index in [0.29, 0.717) is 12.5 Å². The van der Waals surface area contributed by atoms with Gasteiger partial charge in [0.05, 0.1) is 18.0 Å². The van der Waals surface area contributed by atoms with E-state index in [1.54, 1.807) is 0 Å². The Morgan fingerprint density at radius 2 is 1.62 bits per heavy atom. The summed E-state index contributed by atoms with van der Waals surface area (Å²) in [7, 11) is 0. The number of nitrogens with two attached hydrogens (primary N) is 1. The summed E-state index contributed by atoms with van der Waals surface area (Å²) in [5.41, 5.74) is 9.23. The van der Waals surface area contributed by atoms with Gasteiger partial charge in [-0.1, -0.05) is 13.8 Å². The van der Waals surface area contributed by atoms with Crippen LogP contribution in [0.2, 0.25) is 0 Å². The first-order valence-electron chi connectivity index (χ1n) is 8.86. The summed E-state index contributed by atoms with van der Waals surface area (Å²) in [6, 6.07) is 17.3. The van der Waals surface area contributed by atoms with Crippen molar-refractivity contribution in [2.75, 3.05) is 12.3 Å². The van der Waals surface area contributed by atoms with Crippen LogP contribution in [0.5, 0.6) is 11.5 Å². The van der Waals surface area contributed by atoms with E-state index in [1.165, 1.54) is 0 Å². The molecule has 0 atom stereocenters. The summed E-state index contributed by atoms with van der Waals surface area (Å²) >= 11 is 0. The fourth-order valence-electron chi connectivity index (χ4n) is 2.44. The summed E-state index contributed by atoms with van der Waals surface area (Å²) in [6.45, 7) is 5.55. The normalized spacial score (nSPS) is 10.9. The number of hydrogen-bond donors (Lipinski definition) is 2. The van der Waals surface area contributed by atoms with Gasteiger partial charge in [-0.3, -0.25) is 5.10 Å². The Hall–Kier alpha value is -2.95. The van der Waals surface area contributed by atoms with Crippen molar-refractivity contribution in [1.82, 2.24) is 10.2 Å². The SMILES string of the molecule is CC(C)CCOc1ccc(-c2cc(COc3ccc(N)cc3)[nH]n2)cc1. The highest BCUT2D eigenvalue weighted by atomic mass is 16.5. The second kappa shape index (κ2) is 8.43. The highest BCUT2D eigenvalue weighted by molar-refractivity contribution is 5.60. The summed E-state index contributed by atoms with van der Waals surface area (Å²) in [6.07, 6.45) is 1.05. The van der Waals surface area contributed by atoms with Crippen LogP contribution in [0.25, 0.3) is 11.3 Å². The Kier molecular flexibility index (Phi) is 5.79. The molecule has 0 aliphatic carbocycles. The van der Waals surface area contributed by atoms with Crippen molar-refractivity contribution in [3.8, 4) is 22.8 Å². The van der Waals surface area contributed by atoms with Crippen LogP contribution < -0.4 is 15.2 Å². The molecule has 1 heterocycles. The van der Waals surface area contributed by atoms with Gasteiger partial charge in [0.25, 0.3) is 0 Å². The molecular formula is C21H25N3O2. The van der Waals surface area contributed by atoms with Gasteiger partial charge in [0.1, 0.15) is 18.1 Å². The third kappa shape index (κ3) is 5.02. The van der Waals surface area contributed by atoms with E-state index in [0.717, 1.165) is 47.2 Å². The first kappa shape index (κ1) is 17.9. The molecule has 0 aliphatic rings. The molecule has 0 saturated carbocycles. The Balaban J connectivity index is 1.56. The van der Waals surface area contributed by atoms with E-state index in [1.807, 2.05) is 54.6 Å². The van der Waals surface area contributed by atoms with Gasteiger partial charge in [-0.25, -0.2) is 0 Å². The monoisotopic (exact) mass is 351 g/mol. The van der Waals surface area contributed by atoms with Crippen LogP contribution in [0.1, 0.15) is 26.0 Å². The molecule has 0 radical (unpaired) electrons. The summed E-state index contributed by atoms with van der Waals surface area (Å²) in [4.78, 5) is 0. The van der Waals surface area contributed by atoms with Crippen molar-refractivity contribution in [3.63, 3.8) is 0 Å². The molecule has 3 rings (SSSR count). The third-order valence-corrected chi connectivity index (χ3v) is 4.02. The largest absolute Gasteiger partial charge is 0.494 e. The van der Waals surface area contributed by atoms with Crippen LogP contribution in [0, 0.1) is 5.92 Å². The number of nitrogens with zero attached hydrogens (tertiary/aromatic N) is 1. The van der Waals surface area contributed by atoms with Crippen molar-refractivity contribution in [3.05, 3.63) is 60.3 Å². The summed E-state index contributed by atoms with van der Waals surface area (Å²) in [5, 5.41) is 7.38. The third-order valence-electron chi connectivity index (χ3n) is 4.02. The number of nitrogen functional groups attached to an aromatic ring is 1. The molecule has 0 saturated heterocycles. The molecule has 3 N–H and O–H groups in total. The van der Waals surface area contributed by atoms with E-state index in [4.69, 9.17) is 15.2 Å².